The van der Waals surface area contributed by atoms with Crippen molar-refractivity contribution >= 4 is 0 Å². The molecule has 0 spiro atoms. The molecule has 0 aromatic heterocycles. The summed E-state index contributed by atoms with van der Waals surface area (Å²) in [5.41, 5.74) is 0. The van der Waals surface area contributed by atoms with E-state index in [0.717, 1.165) is 0 Å². The number of aliphatic hydroxyl groups excluding tert-OH is 2. The fraction of sp³-hybridized carbons (Fsp3) is 1.00. The van der Waals surface area contributed by atoms with Crippen LogP contribution in [0.3, 0.4) is 0 Å². The van der Waals surface area contributed by atoms with Gasteiger partial charge in [-0.2, -0.15) is 0 Å². The van der Waals surface area contributed by atoms with Crippen molar-refractivity contribution in [2.24, 2.45) is 0 Å². The molecule has 0 aromatic rings. The van der Waals surface area contributed by atoms with Gasteiger partial charge in [-0.3, -0.25) is 0 Å². The molecule has 1 aliphatic rings. The average Bonchev–Trinajstić information content (AvgIpc) is 2.29. The summed E-state index contributed by atoms with van der Waals surface area (Å²) in [6.07, 6.45) is -0.893. The maximum Gasteiger partial charge on any atom is 0.112 e. The summed E-state index contributed by atoms with van der Waals surface area (Å²) in [5, 5.41) is 17.7. The summed E-state index contributed by atoms with van der Waals surface area (Å²) in [6, 6.07) is 0. The molecule has 0 saturated carbocycles. The molecule has 1 saturated heterocycles. The van der Waals surface area contributed by atoms with E-state index in [1.165, 1.54) is 0 Å². The van der Waals surface area contributed by atoms with Gasteiger partial charge in [0.25, 0.3) is 0 Å². The number of hydrogen-bond donors (Lipinski definition) is 2. The van der Waals surface area contributed by atoms with Crippen LogP contribution < -0.4 is 0 Å². The standard InChI is InChI=1S/C7H14O4/c1-5-7(10-3-2-8)6(9)4-11-5/h5-9H,2-4H2,1H3. The molecular formula is C7H14O4. The number of aliphatic hydroxyl groups is 2. The third kappa shape index (κ3) is 2.13. The van der Waals surface area contributed by atoms with E-state index in [2.05, 4.69) is 0 Å². The van der Waals surface area contributed by atoms with Crippen LogP contribution in [0.2, 0.25) is 0 Å². The Kier molecular flexibility index (Phi) is 3.26. The quantitative estimate of drug-likeness (QED) is 0.567. The minimum absolute atomic E-state index is 0.0179. The Balaban J connectivity index is 2.29. The Morgan fingerprint density at radius 3 is 2.82 bits per heavy atom. The number of hydrogen-bond acceptors (Lipinski definition) is 4. The van der Waals surface area contributed by atoms with Gasteiger partial charge < -0.3 is 19.7 Å². The first-order valence-electron chi connectivity index (χ1n) is 3.78. The van der Waals surface area contributed by atoms with E-state index in [4.69, 9.17) is 14.6 Å². The molecule has 2 N–H and O–H groups in total. The lowest BCUT2D eigenvalue weighted by Gasteiger charge is -2.16. The second kappa shape index (κ2) is 4.01. The smallest absolute Gasteiger partial charge is 0.112 e. The first kappa shape index (κ1) is 8.93. The van der Waals surface area contributed by atoms with Gasteiger partial charge in [0.05, 0.1) is 25.9 Å². The Hall–Kier alpha value is -0.160. The summed E-state index contributed by atoms with van der Waals surface area (Å²) >= 11 is 0. The van der Waals surface area contributed by atoms with Crippen molar-refractivity contribution in [2.75, 3.05) is 19.8 Å². The van der Waals surface area contributed by atoms with E-state index in [1.807, 2.05) is 6.92 Å². The molecule has 0 radical (unpaired) electrons. The third-order valence-electron chi connectivity index (χ3n) is 1.77. The molecule has 11 heavy (non-hydrogen) atoms. The van der Waals surface area contributed by atoms with Crippen molar-refractivity contribution in [3.05, 3.63) is 0 Å². The van der Waals surface area contributed by atoms with Gasteiger partial charge >= 0.3 is 0 Å². The molecule has 1 rings (SSSR count). The zero-order chi connectivity index (χ0) is 8.27. The van der Waals surface area contributed by atoms with E-state index in [1.54, 1.807) is 0 Å². The van der Waals surface area contributed by atoms with Gasteiger partial charge in [0.1, 0.15) is 12.2 Å². The maximum absolute atomic E-state index is 9.25. The molecule has 3 atom stereocenters. The summed E-state index contributed by atoms with van der Waals surface area (Å²) < 4.78 is 10.3. The molecular weight excluding hydrogens is 148 g/mol. The van der Waals surface area contributed by atoms with Crippen LogP contribution in [0, 0.1) is 0 Å². The molecule has 4 heteroatoms. The third-order valence-corrected chi connectivity index (χ3v) is 1.77. The van der Waals surface area contributed by atoms with Gasteiger partial charge in [-0.05, 0) is 6.92 Å². The SMILES string of the molecule is CC1OCC(O)C1OCCO. The molecule has 66 valence electrons. The van der Waals surface area contributed by atoms with E-state index >= 15 is 0 Å². The fourth-order valence-corrected chi connectivity index (χ4v) is 1.19. The lowest BCUT2D eigenvalue weighted by atomic mass is 10.2. The normalized spacial score (nSPS) is 37.9. The summed E-state index contributed by atoms with van der Waals surface area (Å²) in [6.45, 7) is 2.42. The second-order valence-electron chi connectivity index (χ2n) is 2.66. The predicted octanol–water partition coefficient (Wildman–Crippen LogP) is -0.857. The topological polar surface area (TPSA) is 58.9 Å². The van der Waals surface area contributed by atoms with Crippen LogP contribution >= 0.6 is 0 Å². The molecule has 1 heterocycles. The molecule has 0 aliphatic carbocycles. The molecule has 3 unspecified atom stereocenters. The average molecular weight is 162 g/mol. The van der Waals surface area contributed by atoms with Crippen molar-refractivity contribution in [2.45, 2.75) is 25.2 Å². The highest BCUT2D eigenvalue weighted by Gasteiger charge is 2.33. The zero-order valence-electron chi connectivity index (χ0n) is 6.56. The van der Waals surface area contributed by atoms with Gasteiger partial charge in [-0.15, -0.1) is 0 Å². The highest BCUT2D eigenvalue weighted by Crippen LogP contribution is 2.16. The maximum atomic E-state index is 9.25. The zero-order valence-corrected chi connectivity index (χ0v) is 6.56. The first-order chi connectivity index (χ1) is 5.25. The fourth-order valence-electron chi connectivity index (χ4n) is 1.19. The lowest BCUT2D eigenvalue weighted by Crippen LogP contribution is -2.32. The number of rotatable bonds is 3. The molecule has 0 bridgehead atoms. The van der Waals surface area contributed by atoms with Crippen LogP contribution in [0.25, 0.3) is 0 Å². The van der Waals surface area contributed by atoms with Gasteiger partial charge in [-0.25, -0.2) is 0 Å². The summed E-state index contributed by atoms with van der Waals surface area (Å²) in [4.78, 5) is 0. The van der Waals surface area contributed by atoms with Crippen LogP contribution in [0.1, 0.15) is 6.92 Å². The van der Waals surface area contributed by atoms with Crippen LogP contribution in [0.4, 0.5) is 0 Å². The highest BCUT2D eigenvalue weighted by molar-refractivity contribution is 4.81. The van der Waals surface area contributed by atoms with Crippen molar-refractivity contribution in [1.29, 1.82) is 0 Å². The Bertz CT molecular complexity index is 107. The van der Waals surface area contributed by atoms with E-state index < -0.39 is 6.10 Å². The lowest BCUT2D eigenvalue weighted by molar-refractivity contribution is -0.0428. The number of ether oxygens (including phenoxy) is 2. The first-order valence-corrected chi connectivity index (χ1v) is 3.78. The summed E-state index contributed by atoms with van der Waals surface area (Å²) in [5.74, 6) is 0. The van der Waals surface area contributed by atoms with Crippen LogP contribution in [-0.2, 0) is 9.47 Å². The van der Waals surface area contributed by atoms with Gasteiger partial charge in [0, 0.05) is 0 Å². The molecule has 1 fully saturated rings. The Labute approximate surface area is 65.7 Å². The monoisotopic (exact) mass is 162 g/mol. The minimum atomic E-state index is -0.545. The van der Waals surface area contributed by atoms with Gasteiger partial charge in [-0.1, -0.05) is 0 Å². The van der Waals surface area contributed by atoms with E-state index in [0.29, 0.717) is 6.61 Å². The molecule has 1 aliphatic heterocycles. The van der Waals surface area contributed by atoms with Crippen LogP contribution in [-0.4, -0.2) is 48.3 Å². The molecule has 4 nitrogen and oxygen atoms in total. The Morgan fingerprint density at radius 2 is 2.36 bits per heavy atom. The van der Waals surface area contributed by atoms with Gasteiger partial charge in [0.2, 0.25) is 0 Å². The van der Waals surface area contributed by atoms with Crippen molar-refractivity contribution in [3.8, 4) is 0 Å². The molecule has 0 amide bonds. The van der Waals surface area contributed by atoms with Gasteiger partial charge in [0.15, 0.2) is 0 Å². The van der Waals surface area contributed by atoms with E-state index in [-0.39, 0.29) is 25.4 Å². The van der Waals surface area contributed by atoms with Crippen molar-refractivity contribution in [1.82, 2.24) is 0 Å². The minimum Gasteiger partial charge on any atom is -0.394 e. The highest BCUT2D eigenvalue weighted by atomic mass is 16.6. The Morgan fingerprint density at radius 1 is 1.64 bits per heavy atom. The van der Waals surface area contributed by atoms with Crippen molar-refractivity contribution < 1.29 is 19.7 Å². The van der Waals surface area contributed by atoms with Crippen molar-refractivity contribution in [3.63, 3.8) is 0 Å². The molecule has 0 aromatic carbocycles. The predicted molar refractivity (Wildman–Crippen MR) is 38.2 cm³/mol. The summed E-state index contributed by atoms with van der Waals surface area (Å²) in [7, 11) is 0. The largest absolute Gasteiger partial charge is 0.394 e. The second-order valence-corrected chi connectivity index (χ2v) is 2.66. The van der Waals surface area contributed by atoms with Crippen LogP contribution in [0.5, 0.6) is 0 Å². The van der Waals surface area contributed by atoms with E-state index in [9.17, 15) is 5.11 Å². The van der Waals surface area contributed by atoms with Crippen LogP contribution in [0.15, 0.2) is 0 Å².